The van der Waals surface area contributed by atoms with E-state index in [4.69, 9.17) is 37.0 Å². The molecule has 0 aliphatic rings. The van der Waals surface area contributed by atoms with E-state index in [2.05, 4.69) is 27.7 Å². The normalized spacial score (nSPS) is 13.8. The molecular weight excluding hydrogens is 1270 g/mol. The van der Waals surface area contributed by atoms with Gasteiger partial charge in [0.1, 0.15) is 19.3 Å². The van der Waals surface area contributed by atoms with Crippen LogP contribution in [-0.2, 0) is 65.4 Å². The average Bonchev–Trinajstić information content (AvgIpc) is 1.28. The van der Waals surface area contributed by atoms with Crippen molar-refractivity contribution < 1.29 is 80.2 Å². The van der Waals surface area contributed by atoms with Crippen LogP contribution in [0.5, 0.6) is 0 Å². The molecule has 0 rings (SSSR count). The fraction of sp³-hybridized carbons (Fsp3) is 0.949. The van der Waals surface area contributed by atoms with Gasteiger partial charge in [-0.2, -0.15) is 0 Å². The summed E-state index contributed by atoms with van der Waals surface area (Å²) < 4.78 is 68.6. The van der Waals surface area contributed by atoms with Gasteiger partial charge in [0.25, 0.3) is 0 Å². The first-order chi connectivity index (χ1) is 47.2. The van der Waals surface area contributed by atoms with Gasteiger partial charge in [-0.05, 0) is 25.7 Å². The van der Waals surface area contributed by atoms with Gasteiger partial charge in [0.2, 0.25) is 0 Å². The fourth-order valence-electron chi connectivity index (χ4n) is 12.1. The minimum atomic E-state index is -4.96. The molecule has 17 nitrogen and oxygen atoms in total. The van der Waals surface area contributed by atoms with Gasteiger partial charge in [-0.25, -0.2) is 9.13 Å². The third kappa shape index (κ3) is 72.2. The number of esters is 4. The van der Waals surface area contributed by atoms with Gasteiger partial charge in [0.05, 0.1) is 26.4 Å². The molecule has 97 heavy (non-hydrogen) atoms. The molecule has 576 valence electrons. The Balaban J connectivity index is 5.23. The predicted molar refractivity (Wildman–Crippen MR) is 395 cm³/mol. The van der Waals surface area contributed by atoms with E-state index < -0.39 is 97.5 Å². The van der Waals surface area contributed by atoms with Crippen LogP contribution in [0.1, 0.15) is 419 Å². The molecule has 0 bridgehead atoms. The van der Waals surface area contributed by atoms with Crippen LogP contribution in [0.4, 0.5) is 0 Å². The number of carbonyl (C=O) groups is 4. The Hall–Kier alpha value is -1.94. The standard InChI is InChI=1S/C78H152O17P2/c1-5-9-13-17-21-25-29-32-34-35-36-37-38-41-45-49-53-57-61-65-78(83)95-74(69-89-76(81)63-59-55-51-47-43-40-33-30-26-22-18-14-10-6-2)71-93-97(86,87)91-67-72(79)66-90-96(84,85)92-70-73(68-88-75(80)62-58-54-50-46-42-28-24-20-16-12-8-4)94-77(82)64-60-56-52-48-44-39-31-27-23-19-15-11-7-3/h72-74,79H,5-71H2,1-4H3,(H,84,85)(H,86,87)/t72-,73+,74+/m0/s1. The first kappa shape index (κ1) is 95.1. The van der Waals surface area contributed by atoms with Gasteiger partial charge in [-0.15, -0.1) is 0 Å². The zero-order chi connectivity index (χ0) is 71.1. The lowest BCUT2D eigenvalue weighted by molar-refractivity contribution is -0.161. The van der Waals surface area contributed by atoms with E-state index >= 15 is 0 Å². The topological polar surface area (TPSA) is 237 Å². The first-order valence-electron chi connectivity index (χ1n) is 40.8. The molecule has 0 fully saturated rings. The van der Waals surface area contributed by atoms with Crippen LogP contribution in [0.2, 0.25) is 0 Å². The molecule has 3 N–H and O–H groups in total. The van der Waals surface area contributed by atoms with Crippen molar-refractivity contribution in [1.82, 2.24) is 0 Å². The van der Waals surface area contributed by atoms with Crippen LogP contribution in [0.3, 0.4) is 0 Å². The molecule has 0 spiro atoms. The number of hydrogen-bond acceptors (Lipinski definition) is 15. The molecule has 0 amide bonds. The van der Waals surface area contributed by atoms with Crippen LogP contribution in [0.25, 0.3) is 0 Å². The molecule has 0 aromatic rings. The number of carbonyl (C=O) groups excluding carboxylic acids is 4. The summed E-state index contributed by atoms with van der Waals surface area (Å²) >= 11 is 0. The summed E-state index contributed by atoms with van der Waals surface area (Å²) in [5.41, 5.74) is 0. The van der Waals surface area contributed by atoms with Crippen molar-refractivity contribution in [2.24, 2.45) is 0 Å². The summed E-state index contributed by atoms with van der Waals surface area (Å²) in [5, 5.41) is 10.6. The van der Waals surface area contributed by atoms with Gasteiger partial charge in [-0.1, -0.05) is 368 Å². The highest BCUT2D eigenvalue weighted by Gasteiger charge is 2.30. The molecule has 0 aliphatic heterocycles. The van der Waals surface area contributed by atoms with Crippen LogP contribution in [-0.4, -0.2) is 96.7 Å². The monoisotopic (exact) mass is 1420 g/mol. The van der Waals surface area contributed by atoms with Crippen LogP contribution in [0, 0.1) is 0 Å². The first-order valence-corrected chi connectivity index (χ1v) is 43.8. The summed E-state index contributed by atoms with van der Waals surface area (Å²) in [6.45, 7) is 5.01. The largest absolute Gasteiger partial charge is 0.472 e. The lowest BCUT2D eigenvalue weighted by Gasteiger charge is -2.21. The average molecular weight is 1420 g/mol. The highest BCUT2D eigenvalue weighted by atomic mass is 31.2. The second kappa shape index (κ2) is 72.4. The van der Waals surface area contributed by atoms with E-state index in [1.807, 2.05) is 0 Å². The maximum absolute atomic E-state index is 13.1. The molecule has 0 aliphatic carbocycles. The maximum atomic E-state index is 13.1. The quantitative estimate of drug-likeness (QED) is 0.0222. The summed E-state index contributed by atoms with van der Waals surface area (Å²) in [7, 11) is -9.91. The number of aliphatic hydroxyl groups is 1. The van der Waals surface area contributed by atoms with Crippen molar-refractivity contribution in [2.75, 3.05) is 39.6 Å². The lowest BCUT2D eigenvalue weighted by Crippen LogP contribution is -2.30. The lowest BCUT2D eigenvalue weighted by atomic mass is 10.0. The second-order valence-electron chi connectivity index (χ2n) is 28.1. The number of rotatable bonds is 79. The number of hydrogen-bond donors (Lipinski definition) is 3. The van der Waals surface area contributed by atoms with Crippen molar-refractivity contribution in [1.29, 1.82) is 0 Å². The molecule has 0 saturated carbocycles. The molecule has 2 unspecified atom stereocenters. The van der Waals surface area contributed by atoms with Crippen molar-refractivity contribution in [3.8, 4) is 0 Å². The SMILES string of the molecule is CCCCCCCCCCCCCCCCCCCCCC(=O)O[C@H](COC(=O)CCCCCCCCCCCCCCCC)COP(=O)(O)OC[C@@H](O)COP(=O)(O)OC[C@@H](COC(=O)CCCCCCCCCCCCC)OC(=O)CCCCCCCCCCCCCCC. The Labute approximate surface area is 594 Å². The van der Waals surface area contributed by atoms with Gasteiger partial charge in [-0.3, -0.25) is 37.3 Å². The number of aliphatic hydroxyl groups excluding tert-OH is 1. The van der Waals surface area contributed by atoms with Gasteiger partial charge in [0, 0.05) is 25.7 Å². The zero-order valence-corrected chi connectivity index (χ0v) is 64.8. The zero-order valence-electron chi connectivity index (χ0n) is 63.1. The summed E-state index contributed by atoms with van der Waals surface area (Å²) in [6, 6.07) is 0. The molecule has 5 atom stereocenters. The van der Waals surface area contributed by atoms with Gasteiger partial charge in [0.15, 0.2) is 12.2 Å². The van der Waals surface area contributed by atoms with Gasteiger partial charge >= 0.3 is 39.5 Å². The molecular formula is C78H152O17P2. The van der Waals surface area contributed by atoms with Crippen molar-refractivity contribution in [3.05, 3.63) is 0 Å². The highest BCUT2D eigenvalue weighted by molar-refractivity contribution is 7.47. The summed E-state index contributed by atoms with van der Waals surface area (Å²) in [6.07, 6.45) is 63.6. The molecule has 0 heterocycles. The van der Waals surface area contributed by atoms with E-state index in [1.54, 1.807) is 0 Å². The highest BCUT2D eigenvalue weighted by Crippen LogP contribution is 2.45. The van der Waals surface area contributed by atoms with Crippen molar-refractivity contribution in [3.63, 3.8) is 0 Å². The maximum Gasteiger partial charge on any atom is 0.472 e. The summed E-state index contributed by atoms with van der Waals surface area (Å²) in [5.74, 6) is -2.11. The molecule has 19 heteroatoms. The second-order valence-corrected chi connectivity index (χ2v) is 31.0. The van der Waals surface area contributed by atoms with E-state index in [0.29, 0.717) is 25.7 Å². The third-order valence-electron chi connectivity index (χ3n) is 18.4. The fourth-order valence-corrected chi connectivity index (χ4v) is 13.7. The van der Waals surface area contributed by atoms with Gasteiger partial charge < -0.3 is 33.8 Å². The molecule has 0 aromatic heterocycles. The smallest absolute Gasteiger partial charge is 0.462 e. The Morgan fingerprint density at radius 1 is 0.247 bits per heavy atom. The number of phosphoric acid groups is 2. The van der Waals surface area contributed by atoms with E-state index in [-0.39, 0.29) is 25.7 Å². The van der Waals surface area contributed by atoms with E-state index in [1.165, 1.54) is 250 Å². The predicted octanol–water partition coefficient (Wildman–Crippen LogP) is 23.4. The van der Waals surface area contributed by atoms with E-state index in [0.717, 1.165) is 89.9 Å². The van der Waals surface area contributed by atoms with Crippen molar-refractivity contribution in [2.45, 2.75) is 438 Å². The molecule has 0 aromatic carbocycles. The number of ether oxygens (including phenoxy) is 4. The molecule has 0 saturated heterocycles. The molecule has 0 radical (unpaired) electrons. The minimum Gasteiger partial charge on any atom is -0.462 e. The number of unbranched alkanes of at least 4 members (excludes halogenated alkanes) is 53. The van der Waals surface area contributed by atoms with Crippen LogP contribution in [0.15, 0.2) is 0 Å². The summed E-state index contributed by atoms with van der Waals surface area (Å²) in [4.78, 5) is 72.9. The Bertz CT molecular complexity index is 1840. The Kier molecular flexibility index (Phi) is 71.0. The Morgan fingerprint density at radius 3 is 0.608 bits per heavy atom. The van der Waals surface area contributed by atoms with Crippen LogP contribution >= 0.6 is 15.6 Å². The number of phosphoric ester groups is 2. The van der Waals surface area contributed by atoms with Crippen LogP contribution < -0.4 is 0 Å². The Morgan fingerprint density at radius 2 is 0.412 bits per heavy atom. The van der Waals surface area contributed by atoms with Crippen molar-refractivity contribution >= 4 is 39.5 Å². The van der Waals surface area contributed by atoms with E-state index in [9.17, 15) is 43.2 Å². The minimum absolute atomic E-state index is 0.108. The third-order valence-corrected chi connectivity index (χ3v) is 20.3.